The molecule has 0 spiro atoms. The quantitative estimate of drug-likeness (QED) is 0.741. The van der Waals surface area contributed by atoms with Gasteiger partial charge in [-0.05, 0) is 23.7 Å². The Morgan fingerprint density at radius 1 is 1.42 bits per heavy atom. The van der Waals surface area contributed by atoms with E-state index in [1.165, 1.54) is 17.9 Å². The summed E-state index contributed by atoms with van der Waals surface area (Å²) < 4.78 is 4.00. The second-order valence-corrected chi connectivity index (χ2v) is 2.60. The first-order chi connectivity index (χ1) is 5.95. The number of aromatic amines is 1. The highest BCUT2D eigenvalue weighted by molar-refractivity contribution is 7.03. The van der Waals surface area contributed by atoms with E-state index in [1.807, 2.05) is 0 Å². The van der Waals surface area contributed by atoms with Crippen LogP contribution in [-0.4, -0.2) is 24.5 Å². The fourth-order valence-corrected chi connectivity index (χ4v) is 1.12. The van der Waals surface area contributed by atoms with Crippen LogP contribution in [0.1, 0.15) is 11.6 Å². The van der Waals surface area contributed by atoms with Crippen molar-refractivity contribution in [1.82, 2.24) is 24.5 Å². The first-order valence-electron chi connectivity index (χ1n) is 3.25. The molecule has 5 nitrogen and oxygen atoms in total. The molecule has 0 atom stereocenters. The predicted octanol–water partition coefficient (Wildman–Crippen LogP) is 0.827. The molecule has 0 aliphatic rings. The van der Waals surface area contributed by atoms with Gasteiger partial charge in [-0.1, -0.05) is 0 Å². The first kappa shape index (κ1) is 7.11. The lowest BCUT2D eigenvalue weighted by Gasteiger charge is -1.79. The standard InChI is InChI=1S/C6H5N5S/c1(5-7-3-9-10-5)2-6-8-4-12-11-6/h1-4H,(H,7,9,10). The minimum atomic E-state index is 0.691. The van der Waals surface area contributed by atoms with E-state index in [0.717, 1.165) is 0 Å². The Morgan fingerprint density at radius 3 is 3.08 bits per heavy atom. The molecular weight excluding hydrogens is 174 g/mol. The summed E-state index contributed by atoms with van der Waals surface area (Å²) in [5.74, 6) is 1.39. The Kier molecular flexibility index (Phi) is 1.91. The molecule has 0 amide bonds. The molecule has 0 aliphatic heterocycles. The molecule has 6 heteroatoms. The van der Waals surface area contributed by atoms with Gasteiger partial charge in [-0.2, -0.15) is 4.37 Å². The van der Waals surface area contributed by atoms with Crippen molar-refractivity contribution < 1.29 is 0 Å². The molecule has 0 bridgehead atoms. The maximum atomic E-state index is 4.00. The van der Waals surface area contributed by atoms with Crippen LogP contribution in [0.15, 0.2) is 11.8 Å². The molecule has 0 fully saturated rings. The topological polar surface area (TPSA) is 67.3 Å². The zero-order valence-corrected chi connectivity index (χ0v) is 6.82. The van der Waals surface area contributed by atoms with Gasteiger partial charge in [0.1, 0.15) is 11.8 Å². The van der Waals surface area contributed by atoms with Crippen LogP contribution in [0.3, 0.4) is 0 Å². The fraction of sp³-hybridized carbons (Fsp3) is 0. The normalized spacial score (nSPS) is 11.0. The molecule has 12 heavy (non-hydrogen) atoms. The van der Waals surface area contributed by atoms with Gasteiger partial charge in [-0.25, -0.2) is 4.98 Å². The molecule has 0 saturated carbocycles. The maximum Gasteiger partial charge on any atom is 0.165 e. The molecule has 0 aromatic carbocycles. The lowest BCUT2D eigenvalue weighted by Crippen LogP contribution is -1.76. The van der Waals surface area contributed by atoms with Crippen LogP contribution in [0.4, 0.5) is 0 Å². The average molecular weight is 179 g/mol. The van der Waals surface area contributed by atoms with Crippen LogP contribution in [0, 0.1) is 0 Å². The van der Waals surface area contributed by atoms with Gasteiger partial charge in [0, 0.05) is 0 Å². The van der Waals surface area contributed by atoms with Gasteiger partial charge in [0.15, 0.2) is 11.6 Å². The number of hydrogen-bond donors (Lipinski definition) is 1. The molecule has 2 aromatic heterocycles. The Morgan fingerprint density at radius 2 is 2.42 bits per heavy atom. The molecule has 0 radical (unpaired) electrons. The van der Waals surface area contributed by atoms with Crippen molar-refractivity contribution in [3.8, 4) is 0 Å². The number of nitrogens with zero attached hydrogens (tertiary/aromatic N) is 4. The number of nitrogens with one attached hydrogen (secondary N) is 1. The summed E-state index contributed by atoms with van der Waals surface area (Å²) in [6, 6.07) is 0. The minimum Gasteiger partial charge on any atom is -0.328 e. The largest absolute Gasteiger partial charge is 0.328 e. The predicted molar refractivity (Wildman–Crippen MR) is 45.2 cm³/mol. The lowest BCUT2D eigenvalue weighted by atomic mass is 10.4. The van der Waals surface area contributed by atoms with Crippen LogP contribution in [0.25, 0.3) is 12.2 Å². The summed E-state index contributed by atoms with van der Waals surface area (Å²) in [5.41, 5.74) is 1.68. The van der Waals surface area contributed by atoms with Crippen molar-refractivity contribution in [2.75, 3.05) is 0 Å². The summed E-state index contributed by atoms with van der Waals surface area (Å²) in [6.45, 7) is 0. The average Bonchev–Trinajstić information content (AvgIpc) is 2.74. The SMILES string of the molecule is C(=Cc1nnc[nH]1)c1ncsn1. The fourth-order valence-electron chi connectivity index (χ4n) is 0.702. The Bertz CT molecular complexity index is 313. The van der Waals surface area contributed by atoms with Gasteiger partial charge in [0.2, 0.25) is 0 Å². The van der Waals surface area contributed by atoms with Crippen molar-refractivity contribution in [3.63, 3.8) is 0 Å². The summed E-state index contributed by atoms with van der Waals surface area (Å²) in [5, 5.41) is 7.40. The zero-order chi connectivity index (χ0) is 8.23. The highest BCUT2D eigenvalue weighted by atomic mass is 32.1. The molecule has 0 saturated heterocycles. The molecule has 0 unspecified atom stereocenters. The number of hydrogen-bond acceptors (Lipinski definition) is 5. The van der Waals surface area contributed by atoms with E-state index in [0.29, 0.717) is 11.6 Å². The third-order valence-electron chi connectivity index (χ3n) is 1.20. The summed E-state index contributed by atoms with van der Waals surface area (Å²) in [6.07, 6.45) is 5.07. The van der Waals surface area contributed by atoms with E-state index in [1.54, 1.807) is 17.7 Å². The van der Waals surface area contributed by atoms with Crippen molar-refractivity contribution >= 4 is 23.7 Å². The van der Waals surface area contributed by atoms with Crippen molar-refractivity contribution in [2.24, 2.45) is 0 Å². The number of H-pyrrole nitrogens is 1. The van der Waals surface area contributed by atoms with E-state index in [-0.39, 0.29) is 0 Å². The van der Waals surface area contributed by atoms with Crippen molar-refractivity contribution in [3.05, 3.63) is 23.5 Å². The van der Waals surface area contributed by atoms with Crippen molar-refractivity contribution in [1.29, 1.82) is 0 Å². The summed E-state index contributed by atoms with van der Waals surface area (Å²) >= 11 is 1.32. The number of rotatable bonds is 2. The molecule has 1 N–H and O–H groups in total. The number of aromatic nitrogens is 5. The highest BCUT2D eigenvalue weighted by Crippen LogP contribution is 1.99. The summed E-state index contributed by atoms with van der Waals surface area (Å²) in [7, 11) is 0. The molecular formula is C6H5N5S. The molecule has 2 heterocycles. The second kappa shape index (κ2) is 3.22. The van der Waals surface area contributed by atoms with E-state index < -0.39 is 0 Å². The van der Waals surface area contributed by atoms with Gasteiger partial charge in [0.05, 0.1) is 0 Å². The third kappa shape index (κ3) is 1.54. The monoisotopic (exact) mass is 179 g/mol. The Hall–Kier alpha value is -1.56. The first-order valence-corrected chi connectivity index (χ1v) is 4.09. The molecule has 0 aliphatic carbocycles. The third-order valence-corrected chi connectivity index (χ3v) is 1.70. The van der Waals surface area contributed by atoms with E-state index >= 15 is 0 Å². The zero-order valence-electron chi connectivity index (χ0n) is 6.01. The van der Waals surface area contributed by atoms with Gasteiger partial charge in [-0.15, -0.1) is 10.2 Å². The van der Waals surface area contributed by atoms with E-state index in [4.69, 9.17) is 0 Å². The van der Waals surface area contributed by atoms with Crippen molar-refractivity contribution in [2.45, 2.75) is 0 Å². The lowest BCUT2D eigenvalue weighted by molar-refractivity contribution is 1.08. The van der Waals surface area contributed by atoms with Gasteiger partial charge in [-0.3, -0.25) is 0 Å². The van der Waals surface area contributed by atoms with Crippen LogP contribution in [-0.2, 0) is 0 Å². The minimum absolute atomic E-state index is 0.691. The Balaban J connectivity index is 2.14. The van der Waals surface area contributed by atoms with Crippen LogP contribution in [0.5, 0.6) is 0 Å². The van der Waals surface area contributed by atoms with Gasteiger partial charge >= 0.3 is 0 Å². The molecule has 2 rings (SSSR count). The second-order valence-electron chi connectivity index (χ2n) is 2.00. The van der Waals surface area contributed by atoms with Gasteiger partial charge < -0.3 is 4.98 Å². The van der Waals surface area contributed by atoms with Crippen LogP contribution in [0.2, 0.25) is 0 Å². The van der Waals surface area contributed by atoms with E-state index in [9.17, 15) is 0 Å². The summed E-state index contributed by atoms with van der Waals surface area (Å²) in [4.78, 5) is 6.81. The maximum absolute atomic E-state index is 4.00. The highest BCUT2D eigenvalue weighted by Gasteiger charge is 1.90. The smallest absolute Gasteiger partial charge is 0.165 e. The van der Waals surface area contributed by atoms with Crippen LogP contribution < -0.4 is 0 Å². The van der Waals surface area contributed by atoms with E-state index in [2.05, 4.69) is 24.5 Å². The van der Waals surface area contributed by atoms with Gasteiger partial charge in [0.25, 0.3) is 0 Å². The molecule has 2 aromatic rings. The molecule has 60 valence electrons. The van der Waals surface area contributed by atoms with Crippen LogP contribution >= 0.6 is 11.5 Å². The Labute approximate surface area is 72.4 Å².